The summed E-state index contributed by atoms with van der Waals surface area (Å²) in [6.45, 7) is 1.77. The van der Waals surface area contributed by atoms with E-state index in [1.807, 2.05) is 6.20 Å². The van der Waals surface area contributed by atoms with Crippen LogP contribution in [0.2, 0.25) is 0 Å². The molecule has 2 rings (SSSR count). The Balaban J connectivity index is 1.71. The molecule has 0 aliphatic carbocycles. The van der Waals surface area contributed by atoms with E-state index in [2.05, 4.69) is 34.6 Å². The van der Waals surface area contributed by atoms with Crippen LogP contribution >= 0.6 is 0 Å². The number of aromatic nitrogens is 1. The maximum atomic E-state index is 10.6. The number of fused-ring (bicyclic) bond motifs is 1. The van der Waals surface area contributed by atoms with Crippen molar-refractivity contribution >= 4 is 16.8 Å². The number of primary amides is 1. The number of carbonyl (C=O) groups excluding carboxylic acids is 1. The summed E-state index contributed by atoms with van der Waals surface area (Å²) >= 11 is 0. The van der Waals surface area contributed by atoms with Gasteiger partial charge in [-0.3, -0.25) is 4.79 Å². The van der Waals surface area contributed by atoms with Crippen molar-refractivity contribution < 1.29 is 4.79 Å². The Morgan fingerprint density at radius 3 is 3.00 bits per heavy atom. The lowest BCUT2D eigenvalue weighted by molar-refractivity contribution is -0.118. The highest BCUT2D eigenvalue weighted by molar-refractivity contribution is 5.79. The summed E-state index contributed by atoms with van der Waals surface area (Å²) < 4.78 is 0. The topological polar surface area (TPSA) is 70.9 Å². The molecule has 1 aromatic heterocycles. The molecule has 4 heteroatoms. The minimum atomic E-state index is -0.215. The van der Waals surface area contributed by atoms with E-state index < -0.39 is 0 Å². The molecular formula is C14H19N3O. The van der Waals surface area contributed by atoms with Gasteiger partial charge < -0.3 is 16.0 Å². The number of hydrogen-bond donors (Lipinski definition) is 3. The Hall–Kier alpha value is -1.81. The molecule has 0 saturated carbocycles. The van der Waals surface area contributed by atoms with Gasteiger partial charge in [0, 0.05) is 24.7 Å². The zero-order valence-corrected chi connectivity index (χ0v) is 10.4. The minimum Gasteiger partial charge on any atom is -0.370 e. The van der Waals surface area contributed by atoms with Gasteiger partial charge in [-0.1, -0.05) is 6.07 Å². The molecule has 0 unspecified atom stereocenters. The first-order valence-corrected chi connectivity index (χ1v) is 6.31. The van der Waals surface area contributed by atoms with Crippen LogP contribution in [0.3, 0.4) is 0 Å². The number of unbranched alkanes of at least 4 members (excludes halogenated alkanes) is 1. The molecule has 4 N–H and O–H groups in total. The van der Waals surface area contributed by atoms with Gasteiger partial charge >= 0.3 is 0 Å². The predicted molar refractivity (Wildman–Crippen MR) is 73.1 cm³/mol. The summed E-state index contributed by atoms with van der Waals surface area (Å²) in [4.78, 5) is 13.7. The van der Waals surface area contributed by atoms with Crippen molar-refractivity contribution in [1.82, 2.24) is 10.3 Å². The van der Waals surface area contributed by atoms with Gasteiger partial charge in [-0.05, 0) is 48.5 Å². The Morgan fingerprint density at radius 2 is 2.17 bits per heavy atom. The monoisotopic (exact) mass is 245 g/mol. The van der Waals surface area contributed by atoms with Crippen molar-refractivity contribution in [3.05, 3.63) is 36.0 Å². The molecule has 1 heterocycles. The molecule has 1 aromatic carbocycles. The second kappa shape index (κ2) is 6.21. The highest BCUT2D eigenvalue weighted by atomic mass is 16.1. The smallest absolute Gasteiger partial charge is 0.217 e. The molecule has 18 heavy (non-hydrogen) atoms. The van der Waals surface area contributed by atoms with Crippen LogP contribution in [0.25, 0.3) is 10.9 Å². The first-order chi connectivity index (χ1) is 8.75. The molecule has 0 atom stereocenters. The van der Waals surface area contributed by atoms with E-state index in [1.165, 1.54) is 16.5 Å². The third-order valence-electron chi connectivity index (χ3n) is 2.97. The maximum absolute atomic E-state index is 10.6. The van der Waals surface area contributed by atoms with E-state index in [0.717, 1.165) is 25.9 Å². The Bertz CT molecular complexity index is 518. The van der Waals surface area contributed by atoms with Crippen molar-refractivity contribution in [3.8, 4) is 0 Å². The number of benzene rings is 1. The van der Waals surface area contributed by atoms with E-state index in [9.17, 15) is 4.79 Å². The summed E-state index contributed by atoms with van der Waals surface area (Å²) in [5, 5.41) is 4.61. The Labute approximate surface area is 107 Å². The standard InChI is InChI=1S/C14H19N3O/c15-14(18)3-1-2-7-16-10-11-4-5-13-12(9-11)6-8-17-13/h4-6,8-9,16-17H,1-3,7,10H2,(H2,15,18). The van der Waals surface area contributed by atoms with Crippen LogP contribution in [-0.4, -0.2) is 17.4 Å². The van der Waals surface area contributed by atoms with E-state index in [-0.39, 0.29) is 5.91 Å². The third-order valence-corrected chi connectivity index (χ3v) is 2.97. The molecule has 0 radical (unpaired) electrons. The maximum Gasteiger partial charge on any atom is 0.217 e. The number of rotatable bonds is 7. The lowest BCUT2D eigenvalue weighted by Crippen LogP contribution is -2.16. The van der Waals surface area contributed by atoms with Gasteiger partial charge in [0.25, 0.3) is 0 Å². The number of aromatic amines is 1. The van der Waals surface area contributed by atoms with E-state index in [1.54, 1.807) is 0 Å². The first kappa shape index (κ1) is 12.6. The van der Waals surface area contributed by atoms with E-state index in [4.69, 9.17) is 5.73 Å². The molecule has 1 amide bonds. The first-order valence-electron chi connectivity index (χ1n) is 6.31. The number of amides is 1. The number of H-pyrrole nitrogens is 1. The van der Waals surface area contributed by atoms with Crippen LogP contribution in [0.5, 0.6) is 0 Å². The number of nitrogens with two attached hydrogens (primary N) is 1. The molecule has 0 aliphatic rings. The van der Waals surface area contributed by atoms with Gasteiger partial charge in [-0.25, -0.2) is 0 Å². The highest BCUT2D eigenvalue weighted by Crippen LogP contribution is 2.13. The van der Waals surface area contributed by atoms with Crippen molar-refractivity contribution in [3.63, 3.8) is 0 Å². The molecule has 4 nitrogen and oxygen atoms in total. The molecule has 96 valence electrons. The van der Waals surface area contributed by atoms with Gasteiger partial charge in [0.1, 0.15) is 0 Å². The average Bonchev–Trinajstić information content (AvgIpc) is 2.80. The summed E-state index contributed by atoms with van der Waals surface area (Å²) in [7, 11) is 0. The highest BCUT2D eigenvalue weighted by Gasteiger charge is 1.98. The second-order valence-corrected chi connectivity index (χ2v) is 4.50. The predicted octanol–water partition coefficient (Wildman–Crippen LogP) is 1.91. The van der Waals surface area contributed by atoms with E-state index in [0.29, 0.717) is 6.42 Å². The number of hydrogen-bond acceptors (Lipinski definition) is 2. The minimum absolute atomic E-state index is 0.215. The van der Waals surface area contributed by atoms with Crippen molar-refractivity contribution in [2.75, 3.05) is 6.54 Å². The molecule has 0 saturated heterocycles. The van der Waals surface area contributed by atoms with Gasteiger partial charge in [-0.2, -0.15) is 0 Å². The van der Waals surface area contributed by atoms with Crippen LogP contribution in [0.15, 0.2) is 30.5 Å². The van der Waals surface area contributed by atoms with Crippen LogP contribution in [0.1, 0.15) is 24.8 Å². The lowest BCUT2D eigenvalue weighted by Gasteiger charge is -2.04. The SMILES string of the molecule is NC(=O)CCCCNCc1ccc2[nH]ccc2c1. The van der Waals surface area contributed by atoms with Crippen LogP contribution in [-0.2, 0) is 11.3 Å². The average molecular weight is 245 g/mol. The van der Waals surface area contributed by atoms with Crippen molar-refractivity contribution in [1.29, 1.82) is 0 Å². The molecule has 0 aliphatic heterocycles. The molecule has 0 spiro atoms. The fourth-order valence-corrected chi connectivity index (χ4v) is 1.99. The molecule has 0 bridgehead atoms. The lowest BCUT2D eigenvalue weighted by atomic mass is 10.1. The fraction of sp³-hybridized carbons (Fsp3) is 0.357. The van der Waals surface area contributed by atoms with Crippen molar-refractivity contribution in [2.24, 2.45) is 5.73 Å². The van der Waals surface area contributed by atoms with Crippen molar-refractivity contribution in [2.45, 2.75) is 25.8 Å². The quantitative estimate of drug-likeness (QED) is 0.652. The summed E-state index contributed by atoms with van der Waals surface area (Å²) in [6, 6.07) is 8.47. The number of carbonyl (C=O) groups is 1. The normalized spacial score (nSPS) is 10.9. The van der Waals surface area contributed by atoms with Crippen LogP contribution in [0.4, 0.5) is 0 Å². The van der Waals surface area contributed by atoms with Gasteiger partial charge in [0.05, 0.1) is 0 Å². The Morgan fingerprint density at radius 1 is 1.28 bits per heavy atom. The zero-order valence-electron chi connectivity index (χ0n) is 10.4. The van der Waals surface area contributed by atoms with Crippen LogP contribution in [0, 0.1) is 0 Å². The van der Waals surface area contributed by atoms with Crippen LogP contribution < -0.4 is 11.1 Å². The largest absolute Gasteiger partial charge is 0.370 e. The molecular weight excluding hydrogens is 226 g/mol. The summed E-state index contributed by atoms with van der Waals surface area (Å²) in [5.41, 5.74) is 7.52. The van der Waals surface area contributed by atoms with Gasteiger partial charge in [0.2, 0.25) is 5.91 Å². The fourth-order valence-electron chi connectivity index (χ4n) is 1.99. The Kier molecular flexibility index (Phi) is 4.36. The van der Waals surface area contributed by atoms with Gasteiger partial charge in [-0.15, -0.1) is 0 Å². The summed E-state index contributed by atoms with van der Waals surface area (Å²) in [5.74, 6) is -0.215. The molecule has 0 fully saturated rings. The second-order valence-electron chi connectivity index (χ2n) is 4.50. The van der Waals surface area contributed by atoms with E-state index >= 15 is 0 Å². The zero-order chi connectivity index (χ0) is 12.8. The molecule has 2 aromatic rings. The van der Waals surface area contributed by atoms with Gasteiger partial charge in [0.15, 0.2) is 0 Å². The summed E-state index contributed by atoms with van der Waals surface area (Å²) in [6.07, 6.45) is 4.28. The third kappa shape index (κ3) is 3.60. The number of nitrogens with one attached hydrogen (secondary N) is 2.